The maximum Gasteiger partial charge on any atom is 0.433 e. The minimum atomic E-state index is -4.49. The molecule has 1 aromatic heterocycles. The Balaban J connectivity index is 2.78. The van der Waals surface area contributed by atoms with E-state index in [4.69, 9.17) is 5.11 Å². The van der Waals surface area contributed by atoms with Gasteiger partial charge in [0.15, 0.2) is 0 Å². The van der Waals surface area contributed by atoms with Crippen molar-refractivity contribution in [2.75, 3.05) is 5.32 Å². The third kappa shape index (κ3) is 3.61. The van der Waals surface area contributed by atoms with E-state index in [-0.39, 0.29) is 5.69 Å². The van der Waals surface area contributed by atoms with Crippen molar-refractivity contribution in [3.63, 3.8) is 0 Å². The van der Waals surface area contributed by atoms with E-state index in [2.05, 4.69) is 10.3 Å². The predicted molar refractivity (Wildman–Crippen MR) is 54.6 cm³/mol. The molecule has 0 aliphatic carbocycles. The average Bonchev–Trinajstić information content (AvgIpc) is 2.25. The summed E-state index contributed by atoms with van der Waals surface area (Å²) in [6.07, 6.45) is -3.21. The number of carboxylic acids is 1. The van der Waals surface area contributed by atoms with Gasteiger partial charge in [-0.15, -0.1) is 0 Å². The van der Waals surface area contributed by atoms with Gasteiger partial charge in [0.05, 0.1) is 11.9 Å². The minimum absolute atomic E-state index is 0.243. The van der Waals surface area contributed by atoms with Crippen LogP contribution in [0.3, 0.4) is 0 Å². The van der Waals surface area contributed by atoms with Crippen LogP contribution in [-0.2, 0) is 11.0 Å². The summed E-state index contributed by atoms with van der Waals surface area (Å²) in [5.41, 5.74) is -0.765. The number of halogens is 3. The molecule has 0 aromatic carbocycles. The highest BCUT2D eigenvalue weighted by Crippen LogP contribution is 2.27. The van der Waals surface area contributed by atoms with Crippen molar-refractivity contribution in [3.05, 3.63) is 24.0 Å². The van der Waals surface area contributed by atoms with Crippen molar-refractivity contribution in [3.8, 4) is 0 Å². The molecule has 0 radical (unpaired) electrons. The zero-order valence-electron chi connectivity index (χ0n) is 8.95. The zero-order chi connectivity index (χ0) is 13.1. The summed E-state index contributed by atoms with van der Waals surface area (Å²) < 4.78 is 36.6. The second-order valence-corrected chi connectivity index (χ2v) is 3.37. The predicted octanol–water partition coefficient (Wildman–Crippen LogP) is 2.38. The van der Waals surface area contributed by atoms with Crippen LogP contribution in [0.5, 0.6) is 0 Å². The SMILES string of the molecule is CCC(Nc1ccc(C(F)(F)F)nc1)C(=O)O. The summed E-state index contributed by atoms with van der Waals surface area (Å²) in [6, 6.07) is 1.12. The van der Waals surface area contributed by atoms with E-state index in [1.165, 1.54) is 0 Å². The first kappa shape index (κ1) is 13.3. The number of aromatic nitrogens is 1. The van der Waals surface area contributed by atoms with E-state index >= 15 is 0 Å². The largest absolute Gasteiger partial charge is 0.480 e. The fraction of sp³-hybridized carbons (Fsp3) is 0.400. The Bertz CT molecular complexity index is 390. The Morgan fingerprint density at radius 1 is 1.53 bits per heavy atom. The lowest BCUT2D eigenvalue weighted by molar-refractivity contribution is -0.141. The molecule has 0 spiro atoms. The van der Waals surface area contributed by atoms with Crippen LogP contribution in [0.1, 0.15) is 19.0 Å². The monoisotopic (exact) mass is 248 g/mol. The molecule has 1 unspecified atom stereocenters. The van der Waals surface area contributed by atoms with Crippen molar-refractivity contribution in [2.45, 2.75) is 25.6 Å². The molecule has 7 heteroatoms. The van der Waals surface area contributed by atoms with Crippen LogP contribution in [-0.4, -0.2) is 22.1 Å². The molecule has 0 saturated carbocycles. The van der Waals surface area contributed by atoms with Crippen molar-refractivity contribution < 1.29 is 23.1 Å². The highest BCUT2D eigenvalue weighted by Gasteiger charge is 2.32. The van der Waals surface area contributed by atoms with Gasteiger partial charge in [-0.2, -0.15) is 13.2 Å². The molecule has 0 amide bonds. The van der Waals surface area contributed by atoms with Gasteiger partial charge in [0.1, 0.15) is 11.7 Å². The summed E-state index contributed by atoms with van der Waals surface area (Å²) in [4.78, 5) is 13.9. The molecular formula is C10H11F3N2O2. The smallest absolute Gasteiger partial charge is 0.433 e. The normalized spacial score (nSPS) is 13.2. The molecule has 1 aromatic rings. The summed E-state index contributed by atoms with van der Waals surface area (Å²) in [5, 5.41) is 11.3. The van der Waals surface area contributed by atoms with Gasteiger partial charge < -0.3 is 10.4 Å². The third-order valence-corrected chi connectivity index (χ3v) is 2.10. The van der Waals surface area contributed by atoms with E-state index in [1.54, 1.807) is 6.92 Å². The summed E-state index contributed by atoms with van der Waals surface area (Å²) in [6.45, 7) is 1.66. The first-order valence-electron chi connectivity index (χ1n) is 4.87. The van der Waals surface area contributed by atoms with Crippen LogP contribution in [0.25, 0.3) is 0 Å². The molecule has 1 atom stereocenters. The van der Waals surface area contributed by atoms with E-state index in [0.717, 1.165) is 18.3 Å². The summed E-state index contributed by atoms with van der Waals surface area (Å²) in [7, 11) is 0. The Morgan fingerprint density at radius 2 is 2.18 bits per heavy atom. The molecule has 0 bridgehead atoms. The molecule has 0 fully saturated rings. The molecular weight excluding hydrogens is 237 g/mol. The molecule has 0 aliphatic heterocycles. The second-order valence-electron chi connectivity index (χ2n) is 3.37. The van der Waals surface area contributed by atoms with Crippen LogP contribution in [0, 0.1) is 0 Å². The van der Waals surface area contributed by atoms with E-state index in [9.17, 15) is 18.0 Å². The van der Waals surface area contributed by atoms with Crippen LogP contribution in [0.15, 0.2) is 18.3 Å². The first-order valence-corrected chi connectivity index (χ1v) is 4.87. The number of anilines is 1. The fourth-order valence-electron chi connectivity index (χ4n) is 1.19. The molecule has 94 valence electrons. The molecule has 2 N–H and O–H groups in total. The van der Waals surface area contributed by atoms with Crippen LogP contribution >= 0.6 is 0 Å². The lowest BCUT2D eigenvalue weighted by Gasteiger charge is -2.13. The van der Waals surface area contributed by atoms with Crippen molar-refractivity contribution in [1.82, 2.24) is 4.98 Å². The quantitative estimate of drug-likeness (QED) is 0.858. The minimum Gasteiger partial charge on any atom is -0.480 e. The number of aliphatic carboxylic acids is 1. The van der Waals surface area contributed by atoms with Crippen molar-refractivity contribution in [1.29, 1.82) is 0 Å². The fourth-order valence-corrected chi connectivity index (χ4v) is 1.19. The number of pyridine rings is 1. The zero-order valence-corrected chi connectivity index (χ0v) is 8.95. The molecule has 1 rings (SSSR count). The molecule has 17 heavy (non-hydrogen) atoms. The van der Waals surface area contributed by atoms with Crippen molar-refractivity contribution >= 4 is 11.7 Å². The Labute approximate surface area is 95.5 Å². The van der Waals surface area contributed by atoms with Crippen LogP contribution in [0.2, 0.25) is 0 Å². The standard InChI is InChI=1S/C10H11F3N2O2/c1-2-7(9(16)17)15-6-3-4-8(14-5-6)10(11,12)13/h3-5,7,15H,2H2,1H3,(H,16,17). The third-order valence-electron chi connectivity index (χ3n) is 2.10. The first-order chi connectivity index (χ1) is 7.84. The maximum absolute atomic E-state index is 12.2. The van der Waals surface area contributed by atoms with Gasteiger partial charge in [0, 0.05) is 0 Å². The van der Waals surface area contributed by atoms with E-state index < -0.39 is 23.9 Å². The van der Waals surface area contributed by atoms with Crippen molar-refractivity contribution in [2.24, 2.45) is 0 Å². The number of hydrogen-bond acceptors (Lipinski definition) is 3. The number of nitrogens with zero attached hydrogens (tertiary/aromatic N) is 1. The Hall–Kier alpha value is -1.79. The molecule has 1 heterocycles. The van der Waals surface area contributed by atoms with Gasteiger partial charge in [0.25, 0.3) is 0 Å². The Kier molecular flexibility index (Phi) is 3.93. The van der Waals surface area contributed by atoms with Gasteiger partial charge in [-0.1, -0.05) is 6.92 Å². The van der Waals surface area contributed by atoms with Gasteiger partial charge in [0.2, 0.25) is 0 Å². The van der Waals surface area contributed by atoms with Crippen LogP contribution < -0.4 is 5.32 Å². The molecule has 0 saturated heterocycles. The topological polar surface area (TPSA) is 62.2 Å². The lowest BCUT2D eigenvalue weighted by Crippen LogP contribution is -2.28. The number of nitrogens with one attached hydrogen (secondary N) is 1. The maximum atomic E-state index is 12.2. The summed E-state index contributed by atoms with van der Waals surface area (Å²) in [5.74, 6) is -1.06. The molecule has 4 nitrogen and oxygen atoms in total. The second kappa shape index (κ2) is 5.03. The average molecular weight is 248 g/mol. The van der Waals surface area contributed by atoms with E-state index in [0.29, 0.717) is 6.42 Å². The van der Waals surface area contributed by atoms with Gasteiger partial charge in [-0.05, 0) is 18.6 Å². The number of alkyl halides is 3. The van der Waals surface area contributed by atoms with Crippen LogP contribution in [0.4, 0.5) is 18.9 Å². The van der Waals surface area contributed by atoms with Gasteiger partial charge in [-0.3, -0.25) is 0 Å². The number of rotatable bonds is 4. The number of hydrogen-bond donors (Lipinski definition) is 2. The summed E-state index contributed by atoms with van der Waals surface area (Å²) >= 11 is 0. The van der Waals surface area contributed by atoms with E-state index in [1.807, 2.05) is 0 Å². The Morgan fingerprint density at radius 3 is 2.53 bits per heavy atom. The van der Waals surface area contributed by atoms with Gasteiger partial charge >= 0.3 is 12.1 Å². The number of carbonyl (C=O) groups is 1. The highest BCUT2D eigenvalue weighted by atomic mass is 19.4. The lowest BCUT2D eigenvalue weighted by atomic mass is 10.2. The molecule has 0 aliphatic rings. The highest BCUT2D eigenvalue weighted by molar-refractivity contribution is 5.77. The number of carboxylic acid groups (broad SMARTS) is 1. The van der Waals surface area contributed by atoms with Gasteiger partial charge in [-0.25, -0.2) is 9.78 Å².